The summed E-state index contributed by atoms with van der Waals surface area (Å²) in [7, 11) is 0. The molecule has 2 aromatic carbocycles. The van der Waals surface area contributed by atoms with Gasteiger partial charge in [0.2, 0.25) is 0 Å². The second-order valence-electron chi connectivity index (χ2n) is 5.37. The van der Waals surface area contributed by atoms with E-state index in [1.807, 2.05) is 30.3 Å². The van der Waals surface area contributed by atoms with Crippen molar-refractivity contribution in [3.63, 3.8) is 0 Å². The number of fused-ring (bicyclic) bond motifs is 2. The molecule has 4 nitrogen and oxygen atoms in total. The highest BCUT2D eigenvalue weighted by molar-refractivity contribution is 5.85. The van der Waals surface area contributed by atoms with Crippen LogP contribution in [0.15, 0.2) is 70.4 Å². The summed E-state index contributed by atoms with van der Waals surface area (Å²) in [6.07, 6.45) is 7.24. The maximum atomic E-state index is 9.33. The van der Waals surface area contributed by atoms with Crippen LogP contribution in [0.5, 0.6) is 0 Å². The first-order valence-electron chi connectivity index (χ1n) is 7.36. The zero-order valence-corrected chi connectivity index (χ0v) is 12.6. The monoisotopic (exact) mass is 312 g/mol. The van der Waals surface area contributed by atoms with E-state index in [-0.39, 0.29) is 0 Å². The molecule has 0 radical (unpaired) electrons. The predicted molar refractivity (Wildman–Crippen MR) is 92.2 cm³/mol. The van der Waals surface area contributed by atoms with E-state index in [1.165, 1.54) is 0 Å². The second kappa shape index (κ2) is 5.56. The Hall–Kier alpha value is -3.58. The Balaban J connectivity index is 1.99. The fourth-order valence-electron chi connectivity index (χ4n) is 2.69. The zero-order valence-electron chi connectivity index (χ0n) is 12.6. The second-order valence-corrected chi connectivity index (χ2v) is 5.37. The number of terminal acetylenes is 1. The molecule has 0 aliphatic carbocycles. The molecule has 1 N–H and O–H groups in total. The predicted octanol–water partition coefficient (Wildman–Crippen LogP) is 3.92. The summed E-state index contributed by atoms with van der Waals surface area (Å²) in [6.45, 7) is 0. The molecule has 4 aromatic rings. The van der Waals surface area contributed by atoms with Crippen molar-refractivity contribution in [1.29, 1.82) is 0 Å². The molecule has 4 rings (SSSR count). The van der Waals surface area contributed by atoms with Gasteiger partial charge in [0.25, 0.3) is 0 Å². The number of nitrogens with zero attached hydrogens (tertiary/aromatic N) is 2. The molecular formula is C20H12N2O2. The van der Waals surface area contributed by atoms with Crippen molar-refractivity contribution >= 4 is 21.7 Å². The maximum Gasteiger partial charge on any atom is 0.155 e. The topological polar surface area (TPSA) is 58.6 Å². The standard InChI is InChI=1S/C20H12N2O2/c1-2-13-7-8-16-17(22-23)11-20(24-19(16)9-13)18-10-14-5-3-4-6-15(14)12-21-18/h1,3-12,23H/b22-17-. The van der Waals surface area contributed by atoms with Crippen molar-refractivity contribution in [2.45, 2.75) is 0 Å². The maximum absolute atomic E-state index is 9.33. The van der Waals surface area contributed by atoms with Gasteiger partial charge in [0.15, 0.2) is 5.76 Å². The summed E-state index contributed by atoms with van der Waals surface area (Å²) in [6, 6.07) is 16.8. The van der Waals surface area contributed by atoms with E-state index in [0.29, 0.717) is 33.3 Å². The minimum Gasteiger partial charge on any atom is -0.454 e. The van der Waals surface area contributed by atoms with Gasteiger partial charge in [-0.1, -0.05) is 35.3 Å². The SMILES string of the molecule is C#Cc1ccc2/c(=N\O)cc(-c3cc4ccccc4cn3)oc2c1. The highest BCUT2D eigenvalue weighted by Gasteiger charge is 2.09. The molecule has 0 bridgehead atoms. The molecule has 24 heavy (non-hydrogen) atoms. The van der Waals surface area contributed by atoms with Gasteiger partial charge in [-0.05, 0) is 29.7 Å². The quantitative estimate of drug-likeness (QED) is 0.329. The third-order valence-electron chi connectivity index (χ3n) is 3.90. The molecule has 0 saturated heterocycles. The fraction of sp³-hybridized carbons (Fsp3) is 0. The van der Waals surface area contributed by atoms with Crippen LogP contribution >= 0.6 is 0 Å². The van der Waals surface area contributed by atoms with E-state index < -0.39 is 0 Å². The van der Waals surface area contributed by atoms with Crippen LogP contribution in [0.4, 0.5) is 0 Å². The van der Waals surface area contributed by atoms with Crippen molar-refractivity contribution in [2.24, 2.45) is 5.16 Å². The first-order chi connectivity index (χ1) is 11.8. The summed E-state index contributed by atoms with van der Waals surface area (Å²) in [5.41, 5.74) is 1.90. The molecule has 0 fully saturated rings. The van der Waals surface area contributed by atoms with Gasteiger partial charge < -0.3 is 9.62 Å². The molecule has 2 heterocycles. The number of pyridine rings is 1. The first-order valence-corrected chi connectivity index (χ1v) is 7.36. The fourth-order valence-corrected chi connectivity index (χ4v) is 2.69. The third-order valence-corrected chi connectivity index (χ3v) is 3.90. The lowest BCUT2D eigenvalue weighted by atomic mass is 10.1. The molecular weight excluding hydrogens is 300 g/mol. The van der Waals surface area contributed by atoms with Crippen LogP contribution in [-0.4, -0.2) is 10.2 Å². The average molecular weight is 312 g/mol. The van der Waals surface area contributed by atoms with Crippen molar-refractivity contribution in [3.8, 4) is 23.8 Å². The highest BCUT2D eigenvalue weighted by Crippen LogP contribution is 2.24. The molecule has 0 aliphatic heterocycles. The van der Waals surface area contributed by atoms with Crippen LogP contribution in [0.1, 0.15) is 5.56 Å². The Morgan fingerprint density at radius 3 is 2.67 bits per heavy atom. The number of hydrogen-bond acceptors (Lipinski definition) is 4. The van der Waals surface area contributed by atoms with Crippen LogP contribution in [0, 0.1) is 12.3 Å². The molecule has 0 amide bonds. The van der Waals surface area contributed by atoms with Gasteiger partial charge in [0.05, 0.1) is 0 Å². The minimum atomic E-state index is 0.407. The average Bonchev–Trinajstić information content (AvgIpc) is 2.66. The first kappa shape index (κ1) is 14.0. The van der Waals surface area contributed by atoms with Crippen molar-refractivity contribution < 1.29 is 9.62 Å². The van der Waals surface area contributed by atoms with E-state index in [2.05, 4.69) is 16.1 Å². The smallest absolute Gasteiger partial charge is 0.155 e. The Morgan fingerprint density at radius 2 is 1.88 bits per heavy atom. The van der Waals surface area contributed by atoms with Crippen molar-refractivity contribution in [2.75, 3.05) is 0 Å². The minimum absolute atomic E-state index is 0.407. The zero-order chi connectivity index (χ0) is 16.5. The molecule has 0 atom stereocenters. The molecule has 0 unspecified atom stereocenters. The number of hydrogen-bond donors (Lipinski definition) is 1. The summed E-state index contributed by atoms with van der Waals surface area (Å²) >= 11 is 0. The van der Waals surface area contributed by atoms with Gasteiger partial charge in [-0.3, -0.25) is 4.98 Å². The Bertz CT molecular complexity index is 1180. The van der Waals surface area contributed by atoms with E-state index in [1.54, 1.807) is 30.5 Å². The summed E-state index contributed by atoms with van der Waals surface area (Å²) in [5.74, 6) is 3.08. The van der Waals surface area contributed by atoms with Gasteiger partial charge >= 0.3 is 0 Å². The Kier molecular flexibility index (Phi) is 3.25. The lowest BCUT2D eigenvalue weighted by Crippen LogP contribution is -2.03. The van der Waals surface area contributed by atoms with E-state index in [4.69, 9.17) is 10.8 Å². The molecule has 0 saturated carbocycles. The molecule has 0 aliphatic rings. The van der Waals surface area contributed by atoms with Gasteiger partial charge in [-0.15, -0.1) is 6.42 Å². The van der Waals surface area contributed by atoms with Crippen LogP contribution in [0.2, 0.25) is 0 Å². The molecule has 0 spiro atoms. The van der Waals surface area contributed by atoms with E-state index in [0.717, 1.165) is 10.8 Å². The van der Waals surface area contributed by atoms with Gasteiger partial charge in [0, 0.05) is 28.6 Å². The number of aromatic nitrogens is 1. The normalized spacial score (nSPS) is 11.7. The van der Waals surface area contributed by atoms with Gasteiger partial charge in [0.1, 0.15) is 16.6 Å². The summed E-state index contributed by atoms with van der Waals surface area (Å²) in [5, 5.41) is 15.9. The molecule has 114 valence electrons. The molecule has 4 heteroatoms. The van der Waals surface area contributed by atoms with E-state index in [9.17, 15) is 5.21 Å². The van der Waals surface area contributed by atoms with Crippen molar-refractivity contribution in [3.05, 3.63) is 71.7 Å². The van der Waals surface area contributed by atoms with Crippen molar-refractivity contribution in [1.82, 2.24) is 4.98 Å². The highest BCUT2D eigenvalue weighted by atomic mass is 16.4. The van der Waals surface area contributed by atoms with Crippen LogP contribution in [-0.2, 0) is 0 Å². The summed E-state index contributed by atoms with van der Waals surface area (Å²) < 4.78 is 5.95. The number of benzene rings is 2. The van der Waals surface area contributed by atoms with E-state index >= 15 is 0 Å². The van der Waals surface area contributed by atoms with Crippen LogP contribution in [0.3, 0.4) is 0 Å². The lowest BCUT2D eigenvalue weighted by Gasteiger charge is -2.05. The Morgan fingerprint density at radius 1 is 1.04 bits per heavy atom. The third kappa shape index (κ3) is 2.29. The van der Waals surface area contributed by atoms with Gasteiger partial charge in [-0.25, -0.2) is 0 Å². The Labute approximate surface area is 137 Å². The van der Waals surface area contributed by atoms with Crippen LogP contribution in [0.25, 0.3) is 33.2 Å². The van der Waals surface area contributed by atoms with Gasteiger partial charge in [-0.2, -0.15) is 0 Å². The molecule has 2 aromatic heterocycles. The number of rotatable bonds is 1. The largest absolute Gasteiger partial charge is 0.454 e. The van der Waals surface area contributed by atoms with Crippen LogP contribution < -0.4 is 5.36 Å². The lowest BCUT2D eigenvalue weighted by molar-refractivity contribution is 0.302. The summed E-state index contributed by atoms with van der Waals surface area (Å²) in [4.78, 5) is 4.44.